The monoisotopic (exact) mass is 264 g/mol. The molecule has 0 aliphatic rings. The molecule has 0 amide bonds. The molecule has 1 N–H and O–H groups in total. The zero-order valence-corrected chi connectivity index (χ0v) is 10.4. The Balaban J connectivity index is 2.70. The summed E-state index contributed by atoms with van der Waals surface area (Å²) in [5, 5.41) is 4.39. The zero-order chi connectivity index (χ0) is 10.8. The minimum absolute atomic E-state index is 0.871. The predicted octanol–water partition coefficient (Wildman–Crippen LogP) is 3.03. The van der Waals surface area contributed by atoms with Gasteiger partial charge in [0.05, 0.1) is 5.52 Å². The van der Waals surface area contributed by atoms with Gasteiger partial charge < -0.3 is 5.32 Å². The summed E-state index contributed by atoms with van der Waals surface area (Å²) in [4.78, 5) is 4.51. The van der Waals surface area contributed by atoms with Crippen LogP contribution in [0.2, 0.25) is 0 Å². The van der Waals surface area contributed by atoms with Crippen LogP contribution >= 0.6 is 15.9 Å². The van der Waals surface area contributed by atoms with Gasteiger partial charge >= 0.3 is 0 Å². The first kappa shape index (κ1) is 10.6. The lowest BCUT2D eigenvalue weighted by Gasteiger charge is -2.07. The van der Waals surface area contributed by atoms with Crippen LogP contribution in [0, 0.1) is 6.92 Å². The number of hydrogen-bond donors (Lipinski definition) is 1. The molecule has 1 aromatic carbocycles. The highest BCUT2D eigenvalue weighted by Crippen LogP contribution is 2.22. The van der Waals surface area contributed by atoms with Gasteiger partial charge in [-0.05, 0) is 43.8 Å². The highest BCUT2D eigenvalue weighted by molar-refractivity contribution is 9.10. The molecule has 0 aliphatic carbocycles. The minimum Gasteiger partial charge on any atom is -0.316 e. The number of aromatic nitrogens is 1. The van der Waals surface area contributed by atoms with Crippen LogP contribution in [-0.4, -0.2) is 12.0 Å². The molecular formula is C12H13BrN2. The van der Waals surface area contributed by atoms with Crippen LogP contribution in [0.3, 0.4) is 0 Å². The van der Waals surface area contributed by atoms with Crippen molar-refractivity contribution in [1.29, 1.82) is 0 Å². The molecule has 0 fully saturated rings. The first-order valence-electron chi connectivity index (χ1n) is 4.91. The van der Waals surface area contributed by atoms with Crippen molar-refractivity contribution < 1.29 is 0 Å². The van der Waals surface area contributed by atoms with Crippen LogP contribution in [0.5, 0.6) is 0 Å². The molecule has 0 unspecified atom stereocenters. The van der Waals surface area contributed by atoms with E-state index in [0.29, 0.717) is 0 Å². The number of hydrogen-bond acceptors (Lipinski definition) is 2. The second-order valence-corrected chi connectivity index (χ2v) is 4.53. The van der Waals surface area contributed by atoms with Crippen molar-refractivity contribution in [1.82, 2.24) is 10.3 Å². The molecule has 2 rings (SSSR count). The molecule has 0 bridgehead atoms. The Morgan fingerprint density at radius 3 is 2.87 bits per heavy atom. The van der Waals surface area contributed by atoms with E-state index in [1.54, 1.807) is 0 Å². The van der Waals surface area contributed by atoms with Crippen molar-refractivity contribution in [3.63, 3.8) is 0 Å². The maximum Gasteiger partial charge on any atom is 0.0709 e. The van der Waals surface area contributed by atoms with Gasteiger partial charge in [0.25, 0.3) is 0 Å². The van der Waals surface area contributed by atoms with Crippen LogP contribution in [0.4, 0.5) is 0 Å². The Labute approximate surface area is 97.8 Å². The van der Waals surface area contributed by atoms with Crippen LogP contribution in [-0.2, 0) is 6.54 Å². The number of fused-ring (bicyclic) bond motifs is 1. The van der Waals surface area contributed by atoms with Crippen molar-refractivity contribution >= 4 is 26.8 Å². The van der Waals surface area contributed by atoms with E-state index in [2.05, 4.69) is 38.4 Å². The van der Waals surface area contributed by atoms with Crippen molar-refractivity contribution in [3.05, 3.63) is 40.0 Å². The molecule has 0 radical (unpaired) electrons. The standard InChI is InChI=1S/C12H13BrN2/c1-8-5-9(7-14-2)11-6-10(13)3-4-12(11)15-8/h3-6,14H,7H2,1-2H3. The first-order valence-corrected chi connectivity index (χ1v) is 5.70. The fraction of sp³-hybridized carbons (Fsp3) is 0.250. The number of halogens is 1. The quantitative estimate of drug-likeness (QED) is 0.902. The van der Waals surface area contributed by atoms with E-state index in [0.717, 1.165) is 22.2 Å². The molecule has 2 aromatic rings. The predicted molar refractivity (Wildman–Crippen MR) is 66.9 cm³/mol. The van der Waals surface area contributed by atoms with E-state index in [1.807, 2.05) is 26.1 Å². The van der Waals surface area contributed by atoms with Gasteiger partial charge in [0.1, 0.15) is 0 Å². The third-order valence-corrected chi connectivity index (χ3v) is 2.84. The minimum atomic E-state index is 0.871. The van der Waals surface area contributed by atoms with Crippen molar-refractivity contribution in [2.45, 2.75) is 13.5 Å². The average molecular weight is 265 g/mol. The topological polar surface area (TPSA) is 24.9 Å². The summed E-state index contributed by atoms with van der Waals surface area (Å²) < 4.78 is 1.10. The Bertz CT molecular complexity index is 494. The molecule has 2 nitrogen and oxygen atoms in total. The molecule has 0 atom stereocenters. The zero-order valence-electron chi connectivity index (χ0n) is 8.84. The summed E-state index contributed by atoms with van der Waals surface area (Å²) >= 11 is 3.49. The lowest BCUT2D eigenvalue weighted by Crippen LogP contribution is -2.06. The van der Waals surface area contributed by atoms with Gasteiger partial charge in [-0.2, -0.15) is 0 Å². The Morgan fingerprint density at radius 1 is 1.33 bits per heavy atom. The van der Waals surface area contributed by atoms with Crippen molar-refractivity contribution in [2.75, 3.05) is 7.05 Å². The normalized spacial score (nSPS) is 10.9. The van der Waals surface area contributed by atoms with Gasteiger partial charge in [-0.1, -0.05) is 15.9 Å². The molecule has 0 aliphatic heterocycles. The maximum absolute atomic E-state index is 4.51. The number of pyridine rings is 1. The van der Waals surface area contributed by atoms with Crippen LogP contribution in [0.1, 0.15) is 11.3 Å². The highest BCUT2D eigenvalue weighted by Gasteiger charge is 2.03. The molecule has 15 heavy (non-hydrogen) atoms. The van der Waals surface area contributed by atoms with E-state index in [1.165, 1.54) is 10.9 Å². The van der Waals surface area contributed by atoms with Gasteiger partial charge in [-0.25, -0.2) is 0 Å². The molecule has 3 heteroatoms. The van der Waals surface area contributed by atoms with E-state index in [-0.39, 0.29) is 0 Å². The van der Waals surface area contributed by atoms with E-state index in [9.17, 15) is 0 Å². The highest BCUT2D eigenvalue weighted by atomic mass is 79.9. The van der Waals surface area contributed by atoms with Crippen molar-refractivity contribution in [2.24, 2.45) is 0 Å². The van der Waals surface area contributed by atoms with Gasteiger partial charge in [-0.3, -0.25) is 4.98 Å². The average Bonchev–Trinajstić information content (AvgIpc) is 2.19. The number of nitrogens with zero attached hydrogens (tertiary/aromatic N) is 1. The number of nitrogens with one attached hydrogen (secondary N) is 1. The molecule has 0 saturated heterocycles. The summed E-state index contributed by atoms with van der Waals surface area (Å²) in [5.41, 5.74) is 3.42. The van der Waals surface area contributed by atoms with Gasteiger partial charge in [0.2, 0.25) is 0 Å². The van der Waals surface area contributed by atoms with Crippen LogP contribution in [0.25, 0.3) is 10.9 Å². The third-order valence-electron chi connectivity index (χ3n) is 2.35. The van der Waals surface area contributed by atoms with Crippen LogP contribution < -0.4 is 5.32 Å². The SMILES string of the molecule is CNCc1cc(C)nc2ccc(Br)cc12. The Morgan fingerprint density at radius 2 is 2.13 bits per heavy atom. The summed E-state index contributed by atoms with van der Waals surface area (Å²) in [6.07, 6.45) is 0. The molecule has 78 valence electrons. The maximum atomic E-state index is 4.51. The van der Waals surface area contributed by atoms with Crippen molar-refractivity contribution in [3.8, 4) is 0 Å². The number of rotatable bonds is 2. The third kappa shape index (κ3) is 2.19. The van der Waals surface area contributed by atoms with Gasteiger partial charge in [-0.15, -0.1) is 0 Å². The van der Waals surface area contributed by atoms with Gasteiger partial charge in [0.15, 0.2) is 0 Å². The molecule has 1 heterocycles. The molecule has 1 aromatic heterocycles. The lowest BCUT2D eigenvalue weighted by molar-refractivity contribution is 0.821. The second-order valence-electron chi connectivity index (χ2n) is 3.61. The fourth-order valence-electron chi connectivity index (χ4n) is 1.75. The first-order chi connectivity index (χ1) is 7.20. The molecular weight excluding hydrogens is 252 g/mol. The Hall–Kier alpha value is -0.930. The summed E-state index contributed by atoms with van der Waals surface area (Å²) in [6.45, 7) is 2.90. The smallest absolute Gasteiger partial charge is 0.0709 e. The van der Waals surface area contributed by atoms with Gasteiger partial charge in [0, 0.05) is 22.1 Å². The van der Waals surface area contributed by atoms with E-state index in [4.69, 9.17) is 0 Å². The lowest BCUT2D eigenvalue weighted by atomic mass is 10.1. The Kier molecular flexibility index (Phi) is 3.03. The number of aryl methyl sites for hydroxylation is 1. The summed E-state index contributed by atoms with van der Waals surface area (Å²) in [7, 11) is 1.96. The summed E-state index contributed by atoms with van der Waals surface area (Å²) in [6, 6.07) is 8.32. The fourth-order valence-corrected chi connectivity index (χ4v) is 2.11. The molecule has 0 spiro atoms. The molecule has 0 saturated carbocycles. The van der Waals surface area contributed by atoms with E-state index >= 15 is 0 Å². The second kappa shape index (κ2) is 4.29. The summed E-state index contributed by atoms with van der Waals surface area (Å²) in [5.74, 6) is 0. The van der Waals surface area contributed by atoms with E-state index < -0.39 is 0 Å². The largest absolute Gasteiger partial charge is 0.316 e. The van der Waals surface area contributed by atoms with Crippen LogP contribution in [0.15, 0.2) is 28.7 Å². The number of benzene rings is 1.